The van der Waals surface area contributed by atoms with E-state index in [0.717, 1.165) is 37.6 Å². The third-order valence-corrected chi connectivity index (χ3v) is 6.00. The van der Waals surface area contributed by atoms with Crippen molar-refractivity contribution in [3.63, 3.8) is 0 Å². The van der Waals surface area contributed by atoms with Crippen LogP contribution in [-0.2, 0) is 6.42 Å². The van der Waals surface area contributed by atoms with E-state index in [0.29, 0.717) is 23.1 Å². The summed E-state index contributed by atoms with van der Waals surface area (Å²) in [6.45, 7) is 6.06. The fourth-order valence-electron chi connectivity index (χ4n) is 2.94. The van der Waals surface area contributed by atoms with Crippen LogP contribution in [0.3, 0.4) is 0 Å². The average molecular weight is 600 g/mol. The molecule has 0 bridgehead atoms. The van der Waals surface area contributed by atoms with E-state index in [2.05, 4.69) is 59.8 Å². The molecule has 3 aromatic rings. The Bertz CT molecular complexity index is 1130. The molecule has 30 heavy (non-hydrogen) atoms. The summed E-state index contributed by atoms with van der Waals surface area (Å²) in [7, 11) is 0. The van der Waals surface area contributed by atoms with E-state index in [1.54, 1.807) is 12.3 Å². The molecular formula is C22H22Br3N3O2. The van der Waals surface area contributed by atoms with Gasteiger partial charge in [0, 0.05) is 10.9 Å². The highest BCUT2D eigenvalue weighted by molar-refractivity contribution is 9.11. The Balaban J connectivity index is 2.06. The van der Waals surface area contributed by atoms with Crippen LogP contribution in [0.2, 0.25) is 0 Å². The number of benzene rings is 2. The molecule has 3 rings (SSSR count). The molecule has 5 nitrogen and oxygen atoms in total. The maximum atomic E-state index is 13.1. The Morgan fingerprint density at radius 2 is 1.87 bits per heavy atom. The maximum Gasteiger partial charge on any atom is 0.282 e. The average Bonchev–Trinajstić information content (AvgIpc) is 2.69. The molecule has 0 aliphatic rings. The SMILES string of the molecule is CCCCc1nc2ccc(Br)cc2c(=O)n1N=Cc1cc(Br)c(OC(C)C)c(Br)c1. The number of nitrogens with zero attached hydrogens (tertiary/aromatic N) is 3. The van der Waals surface area contributed by atoms with Gasteiger partial charge in [-0.05, 0) is 88.0 Å². The molecule has 0 radical (unpaired) electrons. The number of halogens is 3. The predicted octanol–water partition coefficient (Wildman–Crippen LogP) is 6.70. The molecular weight excluding hydrogens is 578 g/mol. The molecule has 8 heteroatoms. The van der Waals surface area contributed by atoms with E-state index in [9.17, 15) is 4.79 Å². The molecule has 0 saturated heterocycles. The van der Waals surface area contributed by atoms with Gasteiger partial charge in [0.1, 0.15) is 11.6 Å². The first-order valence-electron chi connectivity index (χ1n) is 9.71. The zero-order chi connectivity index (χ0) is 21.8. The van der Waals surface area contributed by atoms with Crippen molar-refractivity contribution in [2.75, 3.05) is 0 Å². The first-order valence-corrected chi connectivity index (χ1v) is 12.1. The van der Waals surface area contributed by atoms with E-state index < -0.39 is 0 Å². The zero-order valence-corrected chi connectivity index (χ0v) is 21.7. The monoisotopic (exact) mass is 597 g/mol. The van der Waals surface area contributed by atoms with E-state index in [-0.39, 0.29) is 11.7 Å². The molecule has 0 amide bonds. The first-order chi connectivity index (χ1) is 14.3. The van der Waals surface area contributed by atoms with Gasteiger partial charge >= 0.3 is 0 Å². The van der Waals surface area contributed by atoms with Gasteiger partial charge in [0.2, 0.25) is 0 Å². The highest BCUT2D eigenvalue weighted by Crippen LogP contribution is 2.35. The number of aromatic nitrogens is 2. The minimum Gasteiger partial charge on any atom is -0.489 e. The largest absolute Gasteiger partial charge is 0.489 e. The van der Waals surface area contributed by atoms with Gasteiger partial charge < -0.3 is 4.74 Å². The maximum absolute atomic E-state index is 13.1. The van der Waals surface area contributed by atoms with Crippen molar-refractivity contribution in [1.82, 2.24) is 9.66 Å². The number of hydrogen-bond acceptors (Lipinski definition) is 4. The van der Waals surface area contributed by atoms with Crippen LogP contribution < -0.4 is 10.3 Å². The van der Waals surface area contributed by atoms with Crippen LogP contribution in [-0.4, -0.2) is 22.0 Å². The van der Waals surface area contributed by atoms with E-state index in [1.807, 2.05) is 38.1 Å². The van der Waals surface area contributed by atoms with Gasteiger partial charge in [-0.2, -0.15) is 9.78 Å². The Morgan fingerprint density at radius 1 is 1.17 bits per heavy atom. The molecule has 0 N–H and O–H groups in total. The quantitative estimate of drug-likeness (QED) is 0.284. The van der Waals surface area contributed by atoms with Crippen LogP contribution in [0.15, 0.2) is 53.6 Å². The van der Waals surface area contributed by atoms with Gasteiger partial charge in [-0.15, -0.1) is 0 Å². The van der Waals surface area contributed by atoms with Gasteiger partial charge in [0.05, 0.1) is 32.2 Å². The number of rotatable bonds is 7. The lowest BCUT2D eigenvalue weighted by Crippen LogP contribution is -2.22. The minimum atomic E-state index is -0.179. The zero-order valence-electron chi connectivity index (χ0n) is 17.0. The topological polar surface area (TPSA) is 56.5 Å². The van der Waals surface area contributed by atoms with Crippen molar-refractivity contribution in [2.24, 2.45) is 5.10 Å². The van der Waals surface area contributed by atoms with Crippen molar-refractivity contribution in [2.45, 2.75) is 46.1 Å². The fraction of sp³-hybridized carbons (Fsp3) is 0.318. The number of unbranched alkanes of at least 4 members (excludes halogenated alkanes) is 1. The molecule has 1 aromatic heterocycles. The summed E-state index contributed by atoms with van der Waals surface area (Å²) < 4.78 is 9.69. The second-order valence-electron chi connectivity index (χ2n) is 7.13. The summed E-state index contributed by atoms with van der Waals surface area (Å²) in [6.07, 6.45) is 4.35. The van der Waals surface area contributed by atoms with Crippen LogP contribution in [0.5, 0.6) is 5.75 Å². The Morgan fingerprint density at radius 3 is 2.50 bits per heavy atom. The third kappa shape index (κ3) is 5.39. The van der Waals surface area contributed by atoms with E-state index in [4.69, 9.17) is 9.72 Å². The number of fused-ring (bicyclic) bond motifs is 1. The first kappa shape index (κ1) is 23.2. The highest BCUT2D eigenvalue weighted by atomic mass is 79.9. The molecule has 0 unspecified atom stereocenters. The molecule has 2 aromatic carbocycles. The summed E-state index contributed by atoms with van der Waals surface area (Å²) in [6, 6.07) is 9.35. The standard InChI is InChI=1S/C22H22Br3N3O2/c1-4-5-6-20-27-19-8-7-15(23)11-16(19)22(29)28(20)26-12-14-9-17(24)21(18(25)10-14)30-13(2)3/h7-13H,4-6H2,1-3H3. The summed E-state index contributed by atoms with van der Waals surface area (Å²) in [5.74, 6) is 1.39. The highest BCUT2D eigenvalue weighted by Gasteiger charge is 2.12. The molecule has 0 atom stereocenters. The summed E-state index contributed by atoms with van der Waals surface area (Å²) in [5, 5.41) is 5.03. The van der Waals surface area contributed by atoms with Crippen LogP contribution in [0.4, 0.5) is 0 Å². The van der Waals surface area contributed by atoms with Crippen molar-refractivity contribution in [1.29, 1.82) is 0 Å². The molecule has 0 aliphatic heterocycles. The van der Waals surface area contributed by atoms with Crippen LogP contribution in [0.1, 0.15) is 45.0 Å². The van der Waals surface area contributed by atoms with Crippen molar-refractivity contribution in [3.05, 3.63) is 65.5 Å². The van der Waals surface area contributed by atoms with Gasteiger partial charge in [0.15, 0.2) is 0 Å². The van der Waals surface area contributed by atoms with Crippen LogP contribution in [0, 0.1) is 0 Å². The van der Waals surface area contributed by atoms with Gasteiger partial charge in [-0.3, -0.25) is 4.79 Å². The molecule has 0 aliphatic carbocycles. The van der Waals surface area contributed by atoms with E-state index >= 15 is 0 Å². The minimum absolute atomic E-state index is 0.0554. The normalized spacial score (nSPS) is 11.7. The van der Waals surface area contributed by atoms with Gasteiger partial charge in [-0.25, -0.2) is 4.98 Å². The lowest BCUT2D eigenvalue weighted by Gasteiger charge is -2.14. The number of ether oxygens (including phenoxy) is 1. The van der Waals surface area contributed by atoms with Crippen molar-refractivity contribution in [3.8, 4) is 5.75 Å². The Labute approximate surface area is 200 Å². The summed E-state index contributed by atoms with van der Waals surface area (Å²) >= 11 is 10.5. The second-order valence-corrected chi connectivity index (χ2v) is 9.76. The van der Waals surface area contributed by atoms with Gasteiger partial charge in [-0.1, -0.05) is 29.3 Å². The van der Waals surface area contributed by atoms with Crippen LogP contribution >= 0.6 is 47.8 Å². The second kappa shape index (κ2) is 10.2. The smallest absolute Gasteiger partial charge is 0.282 e. The Kier molecular flexibility index (Phi) is 7.87. The van der Waals surface area contributed by atoms with Crippen molar-refractivity contribution < 1.29 is 4.74 Å². The fourth-order valence-corrected chi connectivity index (χ4v) is 4.71. The molecule has 1 heterocycles. The summed E-state index contributed by atoms with van der Waals surface area (Å²) in [5.41, 5.74) is 1.33. The molecule has 158 valence electrons. The van der Waals surface area contributed by atoms with Gasteiger partial charge in [0.25, 0.3) is 5.56 Å². The lowest BCUT2D eigenvalue weighted by molar-refractivity contribution is 0.239. The van der Waals surface area contributed by atoms with Crippen molar-refractivity contribution >= 4 is 64.9 Å². The molecule has 0 spiro atoms. The van der Waals surface area contributed by atoms with Crippen LogP contribution in [0.25, 0.3) is 10.9 Å². The number of aryl methyl sites for hydroxylation is 1. The number of hydrogen-bond donors (Lipinski definition) is 0. The third-order valence-electron chi connectivity index (χ3n) is 4.33. The molecule has 0 saturated carbocycles. The Hall–Kier alpha value is -1.51. The summed E-state index contributed by atoms with van der Waals surface area (Å²) in [4.78, 5) is 17.8. The predicted molar refractivity (Wildman–Crippen MR) is 133 cm³/mol. The molecule has 0 fully saturated rings. The lowest BCUT2D eigenvalue weighted by atomic mass is 10.2. The van der Waals surface area contributed by atoms with E-state index in [1.165, 1.54) is 4.68 Å².